The molecule has 0 aliphatic rings. The number of rotatable bonds is 7. The van der Waals surface area contributed by atoms with Crippen LogP contribution in [0, 0.1) is 26.6 Å². The summed E-state index contributed by atoms with van der Waals surface area (Å²) in [6.45, 7) is 5.34. The van der Waals surface area contributed by atoms with E-state index in [0.29, 0.717) is 22.6 Å². The van der Waals surface area contributed by atoms with Crippen LogP contribution in [0.25, 0.3) is 11.3 Å². The van der Waals surface area contributed by atoms with Crippen LogP contribution in [-0.2, 0) is 16.6 Å². The summed E-state index contributed by atoms with van der Waals surface area (Å²) in [6, 6.07) is 10.2. The first-order valence-corrected chi connectivity index (χ1v) is 11.1. The van der Waals surface area contributed by atoms with E-state index in [1.165, 1.54) is 22.9 Å². The third-order valence-corrected chi connectivity index (χ3v) is 6.68. The van der Waals surface area contributed by atoms with E-state index in [4.69, 9.17) is 4.74 Å². The predicted molar refractivity (Wildman–Crippen MR) is 116 cm³/mol. The van der Waals surface area contributed by atoms with E-state index in [2.05, 4.69) is 9.82 Å². The van der Waals surface area contributed by atoms with Gasteiger partial charge in [-0.15, -0.1) is 0 Å². The predicted octanol–water partition coefficient (Wildman–Crippen LogP) is 2.96. The maximum Gasteiger partial charge on any atom is 0.266 e. The van der Waals surface area contributed by atoms with Gasteiger partial charge in [-0.2, -0.15) is 5.10 Å². The first-order chi connectivity index (χ1) is 14.6. The average molecular weight is 446 g/mol. The minimum Gasteiger partial charge on any atom is -0.496 e. The van der Waals surface area contributed by atoms with E-state index in [1.807, 2.05) is 6.92 Å². The minimum absolute atomic E-state index is 0.0221. The van der Waals surface area contributed by atoms with Crippen molar-refractivity contribution >= 4 is 10.0 Å². The number of halogens is 1. The maximum atomic E-state index is 13.1. The second-order valence-corrected chi connectivity index (χ2v) is 8.89. The van der Waals surface area contributed by atoms with Crippen molar-refractivity contribution in [3.05, 3.63) is 75.3 Å². The van der Waals surface area contributed by atoms with Gasteiger partial charge in [0.25, 0.3) is 5.56 Å². The summed E-state index contributed by atoms with van der Waals surface area (Å²) >= 11 is 0. The van der Waals surface area contributed by atoms with Crippen molar-refractivity contribution in [2.24, 2.45) is 0 Å². The Labute approximate surface area is 180 Å². The molecule has 0 radical (unpaired) electrons. The van der Waals surface area contributed by atoms with Crippen LogP contribution in [0.2, 0.25) is 0 Å². The Kier molecular flexibility index (Phi) is 6.56. The lowest BCUT2D eigenvalue weighted by Crippen LogP contribution is -2.32. The average Bonchev–Trinajstić information content (AvgIpc) is 2.73. The summed E-state index contributed by atoms with van der Waals surface area (Å²) in [6.07, 6.45) is 0. The van der Waals surface area contributed by atoms with Crippen molar-refractivity contribution in [2.45, 2.75) is 32.2 Å². The first-order valence-electron chi connectivity index (χ1n) is 9.62. The van der Waals surface area contributed by atoms with Gasteiger partial charge in [0.05, 0.1) is 24.2 Å². The first kappa shape index (κ1) is 22.6. The Morgan fingerprint density at radius 2 is 1.74 bits per heavy atom. The molecule has 0 amide bonds. The van der Waals surface area contributed by atoms with Crippen molar-refractivity contribution in [2.75, 3.05) is 13.7 Å². The van der Waals surface area contributed by atoms with Gasteiger partial charge in [-0.1, -0.05) is 0 Å². The lowest BCUT2D eigenvalue weighted by Gasteiger charge is -2.16. The van der Waals surface area contributed by atoms with E-state index in [0.717, 1.165) is 11.1 Å². The number of hydrogen-bond donors (Lipinski definition) is 1. The molecule has 1 N–H and O–H groups in total. The van der Waals surface area contributed by atoms with Gasteiger partial charge in [-0.3, -0.25) is 4.79 Å². The molecule has 0 saturated carbocycles. The number of ether oxygens (including phenoxy) is 1. The molecule has 7 nitrogen and oxygen atoms in total. The Morgan fingerprint density at radius 3 is 2.39 bits per heavy atom. The molecule has 0 spiro atoms. The fourth-order valence-corrected chi connectivity index (χ4v) is 4.77. The topological polar surface area (TPSA) is 90.3 Å². The van der Waals surface area contributed by atoms with Crippen molar-refractivity contribution < 1.29 is 17.5 Å². The van der Waals surface area contributed by atoms with Crippen LogP contribution in [0.15, 0.2) is 52.2 Å². The number of nitrogens with one attached hydrogen (secondary N) is 1. The second kappa shape index (κ2) is 8.99. The zero-order valence-electron chi connectivity index (χ0n) is 17.8. The van der Waals surface area contributed by atoms with Gasteiger partial charge in [-0.05, 0) is 73.9 Å². The van der Waals surface area contributed by atoms with Crippen LogP contribution in [0.1, 0.15) is 16.7 Å². The Morgan fingerprint density at radius 1 is 1.06 bits per heavy atom. The molecular formula is C22H24FN3O4S. The summed E-state index contributed by atoms with van der Waals surface area (Å²) in [5.74, 6) is 0.288. The largest absolute Gasteiger partial charge is 0.496 e. The maximum absolute atomic E-state index is 13.1. The van der Waals surface area contributed by atoms with E-state index in [1.54, 1.807) is 45.2 Å². The number of nitrogens with zero attached hydrogens (tertiary/aromatic N) is 2. The monoisotopic (exact) mass is 445 g/mol. The summed E-state index contributed by atoms with van der Waals surface area (Å²) in [7, 11) is -2.25. The van der Waals surface area contributed by atoms with Crippen molar-refractivity contribution in [3.63, 3.8) is 0 Å². The number of sulfonamides is 1. The summed E-state index contributed by atoms with van der Waals surface area (Å²) < 4.78 is 47.9. The standard InChI is InChI=1S/C22H24FN3O4S/c1-14-13-20(15(2)16(3)22(14)30-4)31(28,29)24-11-12-26-21(27)10-9-19(25-26)17-5-7-18(23)8-6-17/h5-10,13,24H,11-12H2,1-4H3. The minimum atomic E-state index is -3.80. The molecule has 0 fully saturated rings. The molecule has 164 valence electrons. The van der Waals surface area contributed by atoms with Gasteiger partial charge in [0.15, 0.2) is 0 Å². The van der Waals surface area contributed by atoms with Gasteiger partial charge in [-0.25, -0.2) is 22.2 Å². The van der Waals surface area contributed by atoms with Gasteiger partial charge in [0.2, 0.25) is 10.0 Å². The van der Waals surface area contributed by atoms with Gasteiger partial charge in [0.1, 0.15) is 11.6 Å². The fourth-order valence-electron chi connectivity index (χ4n) is 3.36. The summed E-state index contributed by atoms with van der Waals surface area (Å²) in [4.78, 5) is 12.3. The molecule has 0 aliphatic heterocycles. The molecule has 1 aromatic heterocycles. The quantitative estimate of drug-likeness (QED) is 0.604. The third-order valence-electron chi connectivity index (χ3n) is 5.09. The van der Waals surface area contributed by atoms with E-state index in [9.17, 15) is 17.6 Å². The number of aromatic nitrogens is 2. The van der Waals surface area contributed by atoms with E-state index < -0.39 is 10.0 Å². The van der Waals surface area contributed by atoms with Crippen LogP contribution in [0.4, 0.5) is 4.39 Å². The number of methoxy groups -OCH3 is 1. The van der Waals surface area contributed by atoms with Crippen LogP contribution < -0.4 is 15.0 Å². The van der Waals surface area contributed by atoms with Crippen LogP contribution in [0.3, 0.4) is 0 Å². The molecular weight excluding hydrogens is 421 g/mol. The molecule has 2 aromatic carbocycles. The Bertz CT molecular complexity index is 1270. The highest BCUT2D eigenvalue weighted by atomic mass is 32.2. The van der Waals surface area contributed by atoms with Crippen LogP contribution in [0.5, 0.6) is 5.75 Å². The Hall–Kier alpha value is -3.04. The number of benzene rings is 2. The molecule has 0 aliphatic carbocycles. The molecule has 1 heterocycles. The van der Waals surface area contributed by atoms with E-state index in [-0.39, 0.29) is 29.4 Å². The summed E-state index contributed by atoms with van der Waals surface area (Å²) in [5.41, 5.74) is 2.85. The zero-order valence-corrected chi connectivity index (χ0v) is 18.6. The SMILES string of the molecule is COc1c(C)cc(S(=O)(=O)NCCn2nc(-c3ccc(F)cc3)ccc2=O)c(C)c1C. The second-order valence-electron chi connectivity index (χ2n) is 7.16. The molecule has 3 rings (SSSR count). The highest BCUT2D eigenvalue weighted by molar-refractivity contribution is 7.89. The molecule has 3 aromatic rings. The molecule has 0 bridgehead atoms. The summed E-state index contributed by atoms with van der Waals surface area (Å²) in [5, 5.41) is 4.26. The zero-order chi connectivity index (χ0) is 22.8. The highest BCUT2D eigenvalue weighted by Crippen LogP contribution is 2.30. The molecule has 0 saturated heterocycles. The lowest BCUT2D eigenvalue weighted by atomic mass is 10.1. The van der Waals surface area contributed by atoms with Crippen LogP contribution >= 0.6 is 0 Å². The van der Waals surface area contributed by atoms with E-state index >= 15 is 0 Å². The molecule has 0 atom stereocenters. The van der Waals surface area contributed by atoms with Gasteiger partial charge in [0, 0.05) is 18.2 Å². The van der Waals surface area contributed by atoms with Crippen LogP contribution in [-0.4, -0.2) is 31.9 Å². The molecule has 0 unspecified atom stereocenters. The number of aryl methyl sites for hydroxylation is 1. The highest BCUT2D eigenvalue weighted by Gasteiger charge is 2.21. The third kappa shape index (κ3) is 4.83. The van der Waals surface area contributed by atoms with Crippen molar-refractivity contribution in [1.29, 1.82) is 0 Å². The molecule has 9 heteroatoms. The van der Waals surface area contributed by atoms with Gasteiger partial charge < -0.3 is 4.74 Å². The molecule has 31 heavy (non-hydrogen) atoms. The Balaban J connectivity index is 1.79. The van der Waals surface area contributed by atoms with Crippen molar-refractivity contribution in [3.8, 4) is 17.0 Å². The van der Waals surface area contributed by atoms with Gasteiger partial charge >= 0.3 is 0 Å². The smallest absolute Gasteiger partial charge is 0.266 e. The van der Waals surface area contributed by atoms with Crippen molar-refractivity contribution in [1.82, 2.24) is 14.5 Å². The fraction of sp³-hybridized carbons (Fsp3) is 0.273. The normalized spacial score (nSPS) is 11.5. The number of hydrogen-bond acceptors (Lipinski definition) is 5. The lowest BCUT2D eigenvalue weighted by molar-refractivity contribution is 0.407.